The van der Waals surface area contributed by atoms with Crippen molar-refractivity contribution in [1.29, 1.82) is 0 Å². The Labute approximate surface area is 82.9 Å². The third kappa shape index (κ3) is 2.74. The highest BCUT2D eigenvalue weighted by Crippen LogP contribution is 2.39. The Morgan fingerprint density at radius 3 is 1.85 bits per heavy atom. The molecule has 0 saturated heterocycles. The number of hydrogen-bond acceptors (Lipinski definition) is 1. The summed E-state index contributed by atoms with van der Waals surface area (Å²) in [6.45, 7) is 11.3. The van der Waals surface area contributed by atoms with E-state index >= 15 is 0 Å². The van der Waals surface area contributed by atoms with Gasteiger partial charge in [-0.25, -0.2) is 0 Å². The summed E-state index contributed by atoms with van der Waals surface area (Å²) in [7, 11) is 0. The van der Waals surface area contributed by atoms with Crippen LogP contribution in [-0.4, -0.2) is 12.2 Å². The van der Waals surface area contributed by atoms with Crippen LogP contribution in [0.5, 0.6) is 0 Å². The molecule has 0 unspecified atom stereocenters. The number of ether oxygens (including phenoxy) is 1. The van der Waals surface area contributed by atoms with Crippen molar-refractivity contribution in [2.75, 3.05) is 6.61 Å². The van der Waals surface area contributed by atoms with Crippen LogP contribution in [-0.2, 0) is 4.74 Å². The molecule has 0 N–H and O–H groups in total. The number of terminal acetylenes is 1. The maximum absolute atomic E-state index is 5.81. The van der Waals surface area contributed by atoms with E-state index in [9.17, 15) is 0 Å². The van der Waals surface area contributed by atoms with Gasteiger partial charge in [-0.2, -0.15) is 0 Å². The van der Waals surface area contributed by atoms with Crippen LogP contribution in [0.2, 0.25) is 0 Å². The van der Waals surface area contributed by atoms with Gasteiger partial charge in [0, 0.05) is 0 Å². The quantitative estimate of drug-likeness (QED) is 0.606. The fourth-order valence-electron chi connectivity index (χ4n) is 1.91. The molecule has 0 aromatic heterocycles. The molecule has 76 valence electrons. The summed E-state index contributed by atoms with van der Waals surface area (Å²) in [4.78, 5) is 0. The maximum atomic E-state index is 5.81. The molecule has 13 heavy (non-hydrogen) atoms. The summed E-state index contributed by atoms with van der Waals surface area (Å²) in [5.41, 5.74) is 0.0761. The third-order valence-corrected chi connectivity index (χ3v) is 2.94. The highest BCUT2D eigenvalue weighted by Gasteiger charge is 2.39. The molecule has 0 amide bonds. The molecule has 0 fully saturated rings. The molecule has 0 bridgehead atoms. The summed E-state index contributed by atoms with van der Waals surface area (Å²) >= 11 is 0. The van der Waals surface area contributed by atoms with E-state index in [2.05, 4.69) is 40.5 Å². The first-order valence-corrected chi connectivity index (χ1v) is 5.01. The van der Waals surface area contributed by atoms with Gasteiger partial charge >= 0.3 is 0 Å². The maximum Gasteiger partial charge on any atom is 0.108 e. The van der Waals surface area contributed by atoms with Crippen LogP contribution in [0.4, 0.5) is 0 Å². The van der Waals surface area contributed by atoms with Crippen molar-refractivity contribution in [2.24, 2.45) is 5.41 Å². The van der Waals surface area contributed by atoms with Crippen LogP contribution in [0.1, 0.15) is 47.5 Å². The van der Waals surface area contributed by atoms with Gasteiger partial charge in [0.15, 0.2) is 0 Å². The van der Waals surface area contributed by atoms with Crippen LogP contribution in [0.3, 0.4) is 0 Å². The lowest BCUT2D eigenvalue weighted by atomic mass is 9.73. The topological polar surface area (TPSA) is 9.23 Å². The van der Waals surface area contributed by atoms with Gasteiger partial charge in [0.1, 0.15) is 6.61 Å². The SMILES string of the molecule is C#CCOC(CC)(CC)C(C)(C)C. The molecular formula is C12H22O. The molecular weight excluding hydrogens is 160 g/mol. The van der Waals surface area contributed by atoms with E-state index in [1.165, 1.54) is 0 Å². The highest BCUT2D eigenvalue weighted by molar-refractivity contribution is 4.93. The Balaban J connectivity index is 4.62. The van der Waals surface area contributed by atoms with Crippen LogP contribution in [0, 0.1) is 17.8 Å². The van der Waals surface area contributed by atoms with Gasteiger partial charge in [0.25, 0.3) is 0 Å². The van der Waals surface area contributed by atoms with Crippen molar-refractivity contribution in [2.45, 2.75) is 53.1 Å². The normalized spacial score (nSPS) is 12.6. The van der Waals surface area contributed by atoms with Crippen molar-refractivity contribution in [1.82, 2.24) is 0 Å². The average Bonchev–Trinajstić information content (AvgIpc) is 2.05. The lowest BCUT2D eigenvalue weighted by molar-refractivity contribution is -0.110. The van der Waals surface area contributed by atoms with E-state index in [0.717, 1.165) is 12.8 Å². The zero-order chi connectivity index (χ0) is 10.5. The summed E-state index contributed by atoms with van der Waals surface area (Å²) in [5, 5.41) is 0. The van der Waals surface area contributed by atoms with Gasteiger partial charge in [-0.05, 0) is 18.3 Å². The fourth-order valence-corrected chi connectivity index (χ4v) is 1.91. The molecule has 0 aliphatic rings. The van der Waals surface area contributed by atoms with E-state index in [4.69, 9.17) is 11.2 Å². The predicted molar refractivity (Wildman–Crippen MR) is 57.6 cm³/mol. The summed E-state index contributed by atoms with van der Waals surface area (Å²) in [6.07, 6.45) is 7.23. The van der Waals surface area contributed by atoms with Crippen molar-refractivity contribution in [3.05, 3.63) is 0 Å². The van der Waals surface area contributed by atoms with Gasteiger partial charge in [-0.1, -0.05) is 40.5 Å². The summed E-state index contributed by atoms with van der Waals surface area (Å²) in [5.74, 6) is 2.54. The molecule has 0 spiro atoms. The fraction of sp³-hybridized carbons (Fsp3) is 0.833. The molecule has 0 atom stereocenters. The summed E-state index contributed by atoms with van der Waals surface area (Å²) < 4.78 is 5.81. The van der Waals surface area contributed by atoms with Crippen LogP contribution in [0.15, 0.2) is 0 Å². The first kappa shape index (κ1) is 12.5. The van der Waals surface area contributed by atoms with E-state index < -0.39 is 0 Å². The van der Waals surface area contributed by atoms with Crippen LogP contribution >= 0.6 is 0 Å². The second-order valence-electron chi connectivity index (χ2n) is 4.44. The molecule has 0 heterocycles. The van der Waals surface area contributed by atoms with Gasteiger partial charge in [-0.3, -0.25) is 0 Å². The Hall–Kier alpha value is -0.480. The van der Waals surface area contributed by atoms with Crippen LogP contribution in [0.25, 0.3) is 0 Å². The first-order valence-electron chi connectivity index (χ1n) is 5.01. The zero-order valence-corrected chi connectivity index (χ0v) is 9.61. The lowest BCUT2D eigenvalue weighted by Crippen LogP contribution is -2.44. The lowest BCUT2D eigenvalue weighted by Gasteiger charge is -2.43. The minimum atomic E-state index is -0.0701. The van der Waals surface area contributed by atoms with Crippen molar-refractivity contribution in [3.63, 3.8) is 0 Å². The van der Waals surface area contributed by atoms with Gasteiger partial charge in [-0.15, -0.1) is 6.42 Å². The summed E-state index contributed by atoms with van der Waals surface area (Å²) in [6, 6.07) is 0. The minimum absolute atomic E-state index is 0.0701. The molecule has 0 aliphatic heterocycles. The highest BCUT2D eigenvalue weighted by atomic mass is 16.5. The molecule has 0 aliphatic carbocycles. The molecule has 0 rings (SSSR count). The number of hydrogen-bond donors (Lipinski definition) is 0. The second kappa shape index (κ2) is 4.67. The van der Waals surface area contributed by atoms with Gasteiger partial charge in [0.05, 0.1) is 5.60 Å². The van der Waals surface area contributed by atoms with Crippen molar-refractivity contribution < 1.29 is 4.74 Å². The van der Waals surface area contributed by atoms with E-state index in [1.807, 2.05) is 0 Å². The van der Waals surface area contributed by atoms with Crippen LogP contribution < -0.4 is 0 Å². The van der Waals surface area contributed by atoms with E-state index in [1.54, 1.807) is 0 Å². The Morgan fingerprint density at radius 2 is 1.62 bits per heavy atom. The molecule has 1 nitrogen and oxygen atoms in total. The largest absolute Gasteiger partial charge is 0.362 e. The zero-order valence-electron chi connectivity index (χ0n) is 9.61. The first-order chi connectivity index (χ1) is 5.93. The van der Waals surface area contributed by atoms with Gasteiger partial charge in [0.2, 0.25) is 0 Å². The molecule has 0 aromatic carbocycles. The van der Waals surface area contributed by atoms with Crippen molar-refractivity contribution in [3.8, 4) is 12.3 Å². The minimum Gasteiger partial charge on any atom is -0.362 e. The average molecular weight is 182 g/mol. The third-order valence-electron chi connectivity index (χ3n) is 2.94. The smallest absolute Gasteiger partial charge is 0.108 e. The second-order valence-corrected chi connectivity index (χ2v) is 4.44. The monoisotopic (exact) mass is 182 g/mol. The predicted octanol–water partition coefficient (Wildman–Crippen LogP) is 3.24. The van der Waals surface area contributed by atoms with Gasteiger partial charge < -0.3 is 4.74 Å². The Morgan fingerprint density at radius 1 is 1.15 bits per heavy atom. The molecule has 0 aromatic rings. The Bertz CT molecular complexity index is 176. The molecule has 0 saturated carbocycles. The standard InChI is InChI=1S/C12H22O/c1-7-10-13-12(8-2,9-3)11(4,5)6/h1H,8-10H2,2-6H3. The van der Waals surface area contributed by atoms with E-state index in [-0.39, 0.29) is 11.0 Å². The Kier molecular flexibility index (Phi) is 4.50. The molecule has 0 radical (unpaired) electrons. The molecule has 1 heteroatoms. The number of rotatable bonds is 4. The van der Waals surface area contributed by atoms with Crippen molar-refractivity contribution >= 4 is 0 Å². The van der Waals surface area contributed by atoms with E-state index in [0.29, 0.717) is 6.61 Å².